The number of hydrogen-bond acceptors (Lipinski definition) is 2. The monoisotopic (exact) mass is 174 g/mol. The summed E-state index contributed by atoms with van der Waals surface area (Å²) in [4.78, 5) is 4.05. The van der Waals surface area contributed by atoms with Crippen LogP contribution in [-0.4, -0.2) is 15.2 Å². The van der Waals surface area contributed by atoms with E-state index in [4.69, 9.17) is 11.1 Å². The SMILES string of the molecule is Cc1ccn2cnc(C(=N)N)c2c1. The van der Waals surface area contributed by atoms with E-state index in [-0.39, 0.29) is 5.84 Å². The van der Waals surface area contributed by atoms with E-state index >= 15 is 0 Å². The number of fused-ring (bicyclic) bond motifs is 1. The van der Waals surface area contributed by atoms with Crippen LogP contribution in [0.5, 0.6) is 0 Å². The van der Waals surface area contributed by atoms with Gasteiger partial charge in [-0.3, -0.25) is 5.41 Å². The minimum atomic E-state index is 0.00750. The van der Waals surface area contributed by atoms with Crippen molar-refractivity contribution in [2.75, 3.05) is 0 Å². The molecule has 3 N–H and O–H groups in total. The van der Waals surface area contributed by atoms with E-state index in [1.54, 1.807) is 6.33 Å². The Balaban J connectivity index is 2.79. The van der Waals surface area contributed by atoms with Crippen molar-refractivity contribution in [2.24, 2.45) is 5.73 Å². The summed E-state index contributed by atoms with van der Waals surface area (Å²) in [6, 6.07) is 3.95. The highest BCUT2D eigenvalue weighted by Gasteiger charge is 2.05. The highest BCUT2D eigenvalue weighted by atomic mass is 15.0. The lowest BCUT2D eigenvalue weighted by Crippen LogP contribution is -2.11. The molecular weight excluding hydrogens is 164 g/mol. The molecule has 0 spiro atoms. The van der Waals surface area contributed by atoms with Crippen LogP contribution in [0, 0.1) is 12.3 Å². The van der Waals surface area contributed by atoms with Gasteiger partial charge in [0.2, 0.25) is 0 Å². The van der Waals surface area contributed by atoms with Crippen molar-refractivity contribution in [1.29, 1.82) is 5.41 Å². The van der Waals surface area contributed by atoms with E-state index in [0.29, 0.717) is 5.69 Å². The number of hydrogen-bond donors (Lipinski definition) is 2. The Morgan fingerprint density at radius 1 is 1.62 bits per heavy atom. The maximum atomic E-state index is 7.31. The molecule has 0 saturated carbocycles. The highest BCUT2D eigenvalue weighted by molar-refractivity contribution is 5.99. The molecule has 0 aromatic carbocycles. The van der Waals surface area contributed by atoms with E-state index in [1.165, 1.54) is 0 Å². The first kappa shape index (κ1) is 7.79. The first-order chi connectivity index (χ1) is 6.18. The molecule has 0 fully saturated rings. The number of nitrogens with zero attached hydrogens (tertiary/aromatic N) is 2. The second kappa shape index (κ2) is 2.58. The summed E-state index contributed by atoms with van der Waals surface area (Å²) in [5, 5.41) is 7.31. The Bertz CT molecular complexity index is 469. The number of rotatable bonds is 1. The van der Waals surface area contributed by atoms with Gasteiger partial charge in [0.15, 0.2) is 0 Å². The molecule has 13 heavy (non-hydrogen) atoms. The Labute approximate surface area is 75.5 Å². The molecule has 2 aromatic heterocycles. The zero-order valence-corrected chi connectivity index (χ0v) is 7.28. The van der Waals surface area contributed by atoms with E-state index in [9.17, 15) is 0 Å². The molecule has 0 saturated heterocycles. The van der Waals surface area contributed by atoms with Gasteiger partial charge in [-0.05, 0) is 24.6 Å². The molecular formula is C9H10N4. The minimum absolute atomic E-state index is 0.00750. The predicted molar refractivity (Wildman–Crippen MR) is 50.9 cm³/mol. The molecule has 0 amide bonds. The summed E-state index contributed by atoms with van der Waals surface area (Å²) in [7, 11) is 0. The van der Waals surface area contributed by atoms with Gasteiger partial charge >= 0.3 is 0 Å². The van der Waals surface area contributed by atoms with Crippen LogP contribution in [0.25, 0.3) is 5.52 Å². The standard InChI is InChI=1S/C9H10N4/c1-6-2-3-13-5-12-8(9(10)11)7(13)4-6/h2-5H,1H3,(H3,10,11). The molecule has 0 aliphatic heterocycles. The Hall–Kier alpha value is -1.84. The van der Waals surface area contributed by atoms with Gasteiger partial charge in [0.1, 0.15) is 17.9 Å². The van der Waals surface area contributed by atoms with Crippen LogP contribution in [0.3, 0.4) is 0 Å². The van der Waals surface area contributed by atoms with Crippen molar-refractivity contribution >= 4 is 11.4 Å². The fourth-order valence-corrected chi connectivity index (χ4v) is 1.30. The van der Waals surface area contributed by atoms with Crippen LogP contribution in [0.4, 0.5) is 0 Å². The van der Waals surface area contributed by atoms with Gasteiger partial charge in [0.05, 0.1) is 5.52 Å². The lowest BCUT2D eigenvalue weighted by molar-refractivity contribution is 1.14. The first-order valence-electron chi connectivity index (χ1n) is 3.96. The van der Waals surface area contributed by atoms with Crippen LogP contribution < -0.4 is 5.73 Å². The van der Waals surface area contributed by atoms with Crippen LogP contribution in [0.2, 0.25) is 0 Å². The molecule has 0 radical (unpaired) electrons. The van der Waals surface area contributed by atoms with Crippen molar-refractivity contribution in [3.05, 3.63) is 35.9 Å². The van der Waals surface area contributed by atoms with Crippen LogP contribution in [0.1, 0.15) is 11.3 Å². The van der Waals surface area contributed by atoms with Crippen LogP contribution in [-0.2, 0) is 0 Å². The Morgan fingerprint density at radius 3 is 3.08 bits per heavy atom. The van der Waals surface area contributed by atoms with Crippen molar-refractivity contribution in [3.8, 4) is 0 Å². The first-order valence-corrected chi connectivity index (χ1v) is 3.96. The van der Waals surface area contributed by atoms with Gasteiger partial charge in [-0.1, -0.05) is 0 Å². The van der Waals surface area contributed by atoms with Crippen molar-refractivity contribution in [2.45, 2.75) is 6.92 Å². The minimum Gasteiger partial charge on any atom is -0.382 e. The number of amidine groups is 1. The molecule has 2 aromatic rings. The quantitative estimate of drug-likeness (QED) is 0.498. The van der Waals surface area contributed by atoms with E-state index in [2.05, 4.69) is 4.98 Å². The Morgan fingerprint density at radius 2 is 2.38 bits per heavy atom. The highest BCUT2D eigenvalue weighted by Crippen LogP contribution is 2.10. The van der Waals surface area contributed by atoms with Gasteiger partial charge in [0, 0.05) is 6.20 Å². The number of imidazole rings is 1. The summed E-state index contributed by atoms with van der Waals surface area (Å²) in [6.45, 7) is 2.00. The normalized spacial score (nSPS) is 10.5. The molecule has 0 bridgehead atoms. The molecule has 0 unspecified atom stereocenters. The van der Waals surface area contributed by atoms with Crippen molar-refractivity contribution in [3.63, 3.8) is 0 Å². The smallest absolute Gasteiger partial charge is 0.144 e. The number of aromatic nitrogens is 2. The summed E-state index contributed by atoms with van der Waals surface area (Å²) in [6.07, 6.45) is 3.57. The summed E-state index contributed by atoms with van der Waals surface area (Å²) in [5.41, 5.74) is 7.94. The van der Waals surface area contributed by atoms with Gasteiger partial charge in [-0.25, -0.2) is 4.98 Å². The number of aryl methyl sites for hydroxylation is 1. The van der Waals surface area contributed by atoms with Gasteiger partial charge in [0.25, 0.3) is 0 Å². The summed E-state index contributed by atoms with van der Waals surface area (Å²) >= 11 is 0. The lowest BCUT2D eigenvalue weighted by atomic mass is 10.2. The maximum Gasteiger partial charge on any atom is 0.144 e. The van der Waals surface area contributed by atoms with E-state index in [0.717, 1.165) is 11.1 Å². The number of pyridine rings is 1. The van der Waals surface area contributed by atoms with Crippen molar-refractivity contribution in [1.82, 2.24) is 9.38 Å². The fraction of sp³-hybridized carbons (Fsp3) is 0.111. The molecule has 2 heterocycles. The maximum absolute atomic E-state index is 7.31. The lowest BCUT2D eigenvalue weighted by Gasteiger charge is -1.97. The second-order valence-electron chi connectivity index (χ2n) is 3.00. The average Bonchev–Trinajstić information content (AvgIpc) is 2.46. The largest absolute Gasteiger partial charge is 0.382 e. The Kier molecular flexibility index (Phi) is 1.55. The molecule has 0 aliphatic rings. The predicted octanol–water partition coefficient (Wildman–Crippen LogP) is 0.927. The molecule has 4 nitrogen and oxygen atoms in total. The van der Waals surface area contributed by atoms with Crippen LogP contribution >= 0.6 is 0 Å². The fourth-order valence-electron chi connectivity index (χ4n) is 1.30. The number of nitrogen functional groups attached to an aromatic ring is 1. The molecule has 66 valence electrons. The third-order valence-electron chi connectivity index (χ3n) is 1.95. The van der Waals surface area contributed by atoms with Crippen molar-refractivity contribution < 1.29 is 0 Å². The van der Waals surface area contributed by atoms with Gasteiger partial charge in [-0.2, -0.15) is 0 Å². The molecule has 4 heteroatoms. The molecule has 0 aliphatic carbocycles. The van der Waals surface area contributed by atoms with Crippen LogP contribution in [0.15, 0.2) is 24.7 Å². The molecule has 2 rings (SSSR count). The summed E-state index contributed by atoms with van der Waals surface area (Å²) in [5.74, 6) is 0.00750. The van der Waals surface area contributed by atoms with Gasteiger partial charge < -0.3 is 10.1 Å². The zero-order chi connectivity index (χ0) is 9.42. The second-order valence-corrected chi connectivity index (χ2v) is 3.00. The third kappa shape index (κ3) is 1.16. The zero-order valence-electron chi connectivity index (χ0n) is 7.28. The van der Waals surface area contributed by atoms with E-state index < -0.39 is 0 Å². The average molecular weight is 174 g/mol. The third-order valence-corrected chi connectivity index (χ3v) is 1.95. The molecule has 0 atom stereocenters. The van der Waals surface area contributed by atoms with E-state index in [1.807, 2.05) is 29.7 Å². The number of nitrogens with two attached hydrogens (primary N) is 1. The topological polar surface area (TPSA) is 67.2 Å². The summed E-state index contributed by atoms with van der Waals surface area (Å²) < 4.78 is 1.85. The number of nitrogens with one attached hydrogen (secondary N) is 1. The van der Waals surface area contributed by atoms with Gasteiger partial charge in [-0.15, -0.1) is 0 Å².